The van der Waals surface area contributed by atoms with Crippen LogP contribution in [0.1, 0.15) is 39.5 Å². The molecule has 100 valence electrons. The second-order valence-corrected chi connectivity index (χ2v) is 5.27. The van der Waals surface area contributed by atoms with Gasteiger partial charge in [-0.1, -0.05) is 13.8 Å². The van der Waals surface area contributed by atoms with E-state index >= 15 is 0 Å². The molecule has 1 amide bonds. The molecular formula is C11H18F3NO2. The summed E-state index contributed by atoms with van der Waals surface area (Å²) in [5.74, 6) is 0. The van der Waals surface area contributed by atoms with Gasteiger partial charge in [-0.3, -0.25) is 0 Å². The van der Waals surface area contributed by atoms with Gasteiger partial charge in [-0.2, -0.15) is 13.2 Å². The number of alkyl carbamates (subject to hydrolysis) is 1. The lowest BCUT2D eigenvalue weighted by Crippen LogP contribution is -2.40. The second kappa shape index (κ2) is 5.14. The Morgan fingerprint density at radius 1 is 1.35 bits per heavy atom. The highest BCUT2D eigenvalue weighted by Gasteiger charge is 2.31. The first-order valence-corrected chi connectivity index (χ1v) is 5.68. The maximum Gasteiger partial charge on any atom is 0.422 e. The number of rotatable bonds is 2. The zero-order valence-corrected chi connectivity index (χ0v) is 10.1. The zero-order chi connectivity index (χ0) is 13.1. The first-order chi connectivity index (χ1) is 7.68. The number of halogens is 3. The summed E-state index contributed by atoms with van der Waals surface area (Å²) in [6.07, 6.45) is -1.96. The molecule has 6 heteroatoms. The molecule has 3 nitrogen and oxygen atoms in total. The third-order valence-electron chi connectivity index (χ3n) is 3.03. The summed E-state index contributed by atoms with van der Waals surface area (Å²) in [4.78, 5) is 11.1. The van der Waals surface area contributed by atoms with Crippen molar-refractivity contribution in [2.75, 3.05) is 6.61 Å². The van der Waals surface area contributed by atoms with E-state index in [0.717, 1.165) is 25.7 Å². The van der Waals surface area contributed by atoms with Crippen molar-refractivity contribution < 1.29 is 22.7 Å². The summed E-state index contributed by atoms with van der Waals surface area (Å²) < 4.78 is 39.5. The number of hydrogen-bond donors (Lipinski definition) is 1. The average Bonchev–Trinajstić information content (AvgIpc) is 2.17. The van der Waals surface area contributed by atoms with E-state index in [2.05, 4.69) is 23.9 Å². The lowest BCUT2D eigenvalue weighted by molar-refractivity contribution is -0.160. The summed E-state index contributed by atoms with van der Waals surface area (Å²) in [6, 6.07) is -0.0660. The molecule has 0 aromatic rings. The maximum absolute atomic E-state index is 11.8. The topological polar surface area (TPSA) is 38.3 Å². The van der Waals surface area contributed by atoms with Gasteiger partial charge in [0, 0.05) is 6.04 Å². The molecule has 17 heavy (non-hydrogen) atoms. The number of ether oxygens (including phenoxy) is 1. The molecule has 1 rings (SSSR count). The molecule has 0 saturated heterocycles. The molecule has 1 saturated carbocycles. The molecule has 0 aromatic carbocycles. The van der Waals surface area contributed by atoms with Crippen LogP contribution in [0, 0.1) is 5.41 Å². The van der Waals surface area contributed by atoms with Crippen LogP contribution >= 0.6 is 0 Å². The van der Waals surface area contributed by atoms with E-state index < -0.39 is 18.9 Å². The fraction of sp³-hybridized carbons (Fsp3) is 0.909. The van der Waals surface area contributed by atoms with Gasteiger partial charge in [0.15, 0.2) is 6.61 Å². The van der Waals surface area contributed by atoms with Crippen LogP contribution in [0.15, 0.2) is 0 Å². The van der Waals surface area contributed by atoms with Gasteiger partial charge >= 0.3 is 12.3 Å². The van der Waals surface area contributed by atoms with Gasteiger partial charge in [-0.05, 0) is 31.1 Å². The van der Waals surface area contributed by atoms with Crippen LogP contribution in [0.3, 0.4) is 0 Å². The smallest absolute Gasteiger partial charge is 0.422 e. The number of carbonyl (C=O) groups excluding carboxylic acids is 1. The summed E-state index contributed by atoms with van der Waals surface area (Å²) in [5, 5.41) is 2.47. The van der Waals surface area contributed by atoms with Crippen molar-refractivity contribution in [3.63, 3.8) is 0 Å². The fourth-order valence-electron chi connectivity index (χ4n) is 1.90. The van der Waals surface area contributed by atoms with Crippen molar-refractivity contribution in [2.24, 2.45) is 5.41 Å². The Labute approximate surface area is 98.7 Å². The molecular weight excluding hydrogens is 235 g/mol. The summed E-state index contributed by atoms with van der Waals surface area (Å²) in [5.41, 5.74) is 0.258. The fourth-order valence-corrected chi connectivity index (χ4v) is 1.90. The van der Waals surface area contributed by atoms with Crippen LogP contribution in [0.4, 0.5) is 18.0 Å². The van der Waals surface area contributed by atoms with Crippen molar-refractivity contribution in [1.29, 1.82) is 0 Å². The highest BCUT2D eigenvalue weighted by Crippen LogP contribution is 2.34. The largest absolute Gasteiger partial charge is 0.440 e. The van der Waals surface area contributed by atoms with E-state index in [-0.39, 0.29) is 11.5 Å². The standard InChI is InChI=1S/C11H18F3NO2/c1-10(2)5-3-8(4-6-10)15-9(16)17-7-11(12,13)14/h8H,3-7H2,1-2H3,(H,15,16). The quantitative estimate of drug-likeness (QED) is 0.820. The first kappa shape index (κ1) is 14.1. The highest BCUT2D eigenvalue weighted by molar-refractivity contribution is 5.67. The van der Waals surface area contributed by atoms with Gasteiger partial charge in [-0.25, -0.2) is 4.79 Å². The predicted octanol–water partition coefficient (Wildman–Crippen LogP) is 3.24. The van der Waals surface area contributed by atoms with Crippen LogP contribution in [-0.4, -0.2) is 24.9 Å². The van der Waals surface area contributed by atoms with Crippen LogP contribution in [0.25, 0.3) is 0 Å². The highest BCUT2D eigenvalue weighted by atomic mass is 19.4. The van der Waals surface area contributed by atoms with E-state index in [1.807, 2.05) is 0 Å². The van der Waals surface area contributed by atoms with Gasteiger partial charge in [-0.15, -0.1) is 0 Å². The summed E-state index contributed by atoms with van der Waals surface area (Å²) in [6.45, 7) is 2.76. The summed E-state index contributed by atoms with van der Waals surface area (Å²) in [7, 11) is 0. The van der Waals surface area contributed by atoms with E-state index in [1.54, 1.807) is 0 Å². The van der Waals surface area contributed by atoms with Crippen molar-refractivity contribution in [3.8, 4) is 0 Å². The van der Waals surface area contributed by atoms with Crippen LogP contribution < -0.4 is 5.32 Å². The Morgan fingerprint density at radius 3 is 2.35 bits per heavy atom. The third kappa shape index (κ3) is 5.79. The lowest BCUT2D eigenvalue weighted by Gasteiger charge is -2.34. The van der Waals surface area contributed by atoms with Gasteiger partial charge < -0.3 is 10.1 Å². The van der Waals surface area contributed by atoms with E-state index in [0.29, 0.717) is 0 Å². The van der Waals surface area contributed by atoms with Crippen molar-refractivity contribution >= 4 is 6.09 Å². The third-order valence-corrected chi connectivity index (χ3v) is 3.03. The first-order valence-electron chi connectivity index (χ1n) is 5.68. The van der Waals surface area contributed by atoms with Gasteiger partial charge in [0.2, 0.25) is 0 Å². The summed E-state index contributed by atoms with van der Waals surface area (Å²) >= 11 is 0. The Morgan fingerprint density at radius 2 is 1.88 bits per heavy atom. The molecule has 0 aromatic heterocycles. The molecule has 0 radical (unpaired) electrons. The Hall–Kier alpha value is -0.940. The molecule has 1 N–H and O–H groups in total. The van der Waals surface area contributed by atoms with Crippen LogP contribution in [0.2, 0.25) is 0 Å². The van der Waals surface area contributed by atoms with Gasteiger partial charge in [0.25, 0.3) is 0 Å². The van der Waals surface area contributed by atoms with E-state index in [4.69, 9.17) is 0 Å². The molecule has 0 spiro atoms. The second-order valence-electron chi connectivity index (χ2n) is 5.27. The number of nitrogens with one attached hydrogen (secondary N) is 1. The number of carbonyl (C=O) groups is 1. The maximum atomic E-state index is 11.8. The molecule has 0 atom stereocenters. The minimum Gasteiger partial charge on any atom is -0.440 e. The molecule has 1 aliphatic rings. The molecule has 1 aliphatic carbocycles. The number of hydrogen-bond acceptors (Lipinski definition) is 2. The molecule has 0 heterocycles. The predicted molar refractivity (Wildman–Crippen MR) is 56.6 cm³/mol. The SMILES string of the molecule is CC1(C)CCC(NC(=O)OCC(F)(F)F)CC1. The van der Waals surface area contributed by atoms with E-state index in [1.165, 1.54) is 0 Å². The van der Waals surface area contributed by atoms with Crippen LogP contribution in [-0.2, 0) is 4.74 Å². The van der Waals surface area contributed by atoms with Crippen molar-refractivity contribution in [3.05, 3.63) is 0 Å². The van der Waals surface area contributed by atoms with Crippen LogP contribution in [0.5, 0.6) is 0 Å². The molecule has 0 unspecified atom stereocenters. The van der Waals surface area contributed by atoms with Crippen molar-refractivity contribution in [2.45, 2.75) is 51.7 Å². The average molecular weight is 253 g/mol. The van der Waals surface area contributed by atoms with Gasteiger partial charge in [0.1, 0.15) is 0 Å². The Bertz CT molecular complexity index is 266. The van der Waals surface area contributed by atoms with Crippen molar-refractivity contribution in [1.82, 2.24) is 5.32 Å². The number of amides is 1. The minimum atomic E-state index is -4.47. The minimum absolute atomic E-state index is 0.0660. The lowest BCUT2D eigenvalue weighted by atomic mass is 9.76. The zero-order valence-electron chi connectivity index (χ0n) is 10.1. The Balaban J connectivity index is 2.24. The normalized spacial score (nSPS) is 21.0. The monoisotopic (exact) mass is 253 g/mol. The Kier molecular flexibility index (Phi) is 4.27. The molecule has 1 fully saturated rings. The molecule has 0 aliphatic heterocycles. The van der Waals surface area contributed by atoms with E-state index in [9.17, 15) is 18.0 Å². The van der Waals surface area contributed by atoms with Gasteiger partial charge in [0.05, 0.1) is 0 Å². The number of alkyl halides is 3. The molecule has 0 bridgehead atoms.